The summed E-state index contributed by atoms with van der Waals surface area (Å²) >= 11 is 0. The standard InChI is InChI=1S/C27H33N5O4/c1-18-25(30-27(35)36-18)26(34)31-32(17-24(33)22(28)15-19-7-3-2-4-8-19)16-20-10-12-21(13-11-20)23-9-5-6-14-29-23/h2-3,5-7,9-14,18,22,24-25,33H,4,8,15-17,28H2,1H3,(H,30,35)(H,31,34). The van der Waals surface area contributed by atoms with Gasteiger partial charge >= 0.3 is 6.09 Å². The second-order valence-corrected chi connectivity index (χ2v) is 9.23. The quantitative estimate of drug-likeness (QED) is 0.376. The van der Waals surface area contributed by atoms with E-state index >= 15 is 0 Å². The molecule has 1 saturated heterocycles. The fraction of sp³-hybridized carbons (Fsp3) is 0.370. The van der Waals surface area contributed by atoms with E-state index in [0.717, 1.165) is 29.7 Å². The average molecular weight is 492 g/mol. The number of pyridine rings is 1. The zero-order chi connectivity index (χ0) is 25.5. The van der Waals surface area contributed by atoms with E-state index in [1.54, 1.807) is 18.1 Å². The van der Waals surface area contributed by atoms with E-state index in [2.05, 4.69) is 21.8 Å². The number of carbonyl (C=O) groups is 2. The van der Waals surface area contributed by atoms with Crippen molar-refractivity contribution in [2.45, 2.75) is 57.0 Å². The zero-order valence-corrected chi connectivity index (χ0v) is 20.3. The fourth-order valence-corrected chi connectivity index (χ4v) is 4.33. The van der Waals surface area contributed by atoms with Gasteiger partial charge in [-0.25, -0.2) is 9.80 Å². The Labute approximate surface area is 211 Å². The molecule has 2 heterocycles. The molecule has 0 saturated carbocycles. The van der Waals surface area contributed by atoms with E-state index in [1.807, 2.05) is 54.6 Å². The molecule has 4 atom stereocenters. The van der Waals surface area contributed by atoms with Crippen LogP contribution in [0.2, 0.25) is 0 Å². The number of ether oxygens (including phenoxy) is 1. The summed E-state index contributed by atoms with van der Waals surface area (Å²) in [4.78, 5) is 28.8. The van der Waals surface area contributed by atoms with Crippen LogP contribution in [-0.2, 0) is 16.1 Å². The SMILES string of the molecule is CC1OC(=O)NC1C(=O)NN(Cc1ccc(-c2ccccn2)cc1)CC(O)C(N)CC1=CC=CCC1. The molecule has 4 rings (SSSR count). The monoisotopic (exact) mass is 491 g/mol. The first kappa shape index (κ1) is 25.6. The maximum Gasteiger partial charge on any atom is 0.408 e. The van der Waals surface area contributed by atoms with Gasteiger partial charge < -0.3 is 20.9 Å². The Hall–Kier alpha value is -3.53. The Kier molecular flexibility index (Phi) is 8.48. The minimum absolute atomic E-state index is 0.119. The molecular weight excluding hydrogens is 458 g/mol. The molecule has 1 aliphatic carbocycles. The molecule has 2 amide bonds. The van der Waals surface area contributed by atoms with Crippen molar-refractivity contribution in [3.05, 3.63) is 78.0 Å². The number of aromatic nitrogens is 1. The van der Waals surface area contributed by atoms with Crippen LogP contribution in [0.4, 0.5) is 4.79 Å². The first-order valence-corrected chi connectivity index (χ1v) is 12.2. The zero-order valence-electron chi connectivity index (χ0n) is 20.3. The van der Waals surface area contributed by atoms with Crippen molar-refractivity contribution in [2.75, 3.05) is 6.54 Å². The summed E-state index contributed by atoms with van der Waals surface area (Å²) in [5, 5.41) is 15.1. The number of hydrazine groups is 1. The first-order valence-electron chi connectivity index (χ1n) is 12.2. The number of hydrogen-bond acceptors (Lipinski definition) is 7. The maximum atomic E-state index is 12.9. The van der Waals surface area contributed by atoms with E-state index < -0.39 is 36.3 Å². The molecule has 0 bridgehead atoms. The molecule has 1 aliphatic heterocycles. The number of cyclic esters (lactones) is 1. The van der Waals surface area contributed by atoms with Crippen LogP contribution < -0.4 is 16.5 Å². The molecule has 9 nitrogen and oxygen atoms in total. The Bertz CT molecular complexity index is 1100. The van der Waals surface area contributed by atoms with Gasteiger partial charge in [0.2, 0.25) is 0 Å². The third-order valence-corrected chi connectivity index (χ3v) is 6.37. The third kappa shape index (κ3) is 6.78. The number of aliphatic hydroxyl groups is 1. The Morgan fingerprint density at radius 1 is 1.31 bits per heavy atom. The minimum atomic E-state index is -0.878. The van der Waals surface area contributed by atoms with E-state index in [9.17, 15) is 14.7 Å². The average Bonchev–Trinajstić information content (AvgIpc) is 3.23. The molecule has 2 aliphatic rings. The highest BCUT2D eigenvalue weighted by molar-refractivity contribution is 5.88. The molecular formula is C27H33N5O4. The molecule has 0 radical (unpaired) electrons. The summed E-state index contributed by atoms with van der Waals surface area (Å²) in [6.45, 7) is 2.10. The number of nitrogens with two attached hydrogens (primary N) is 1. The number of aliphatic hydroxyl groups excluding tert-OH is 1. The van der Waals surface area contributed by atoms with Crippen LogP contribution in [0.15, 0.2) is 72.5 Å². The molecule has 9 heteroatoms. The van der Waals surface area contributed by atoms with Crippen LogP contribution in [0.5, 0.6) is 0 Å². The summed E-state index contributed by atoms with van der Waals surface area (Å²) in [5.74, 6) is -0.417. The number of allylic oxidation sites excluding steroid dienone is 3. The molecule has 190 valence electrons. The van der Waals surface area contributed by atoms with Crippen molar-refractivity contribution in [1.29, 1.82) is 0 Å². The van der Waals surface area contributed by atoms with Gasteiger partial charge in [0.1, 0.15) is 12.1 Å². The van der Waals surface area contributed by atoms with Crippen LogP contribution in [-0.4, -0.2) is 57.9 Å². The van der Waals surface area contributed by atoms with Gasteiger partial charge in [-0.05, 0) is 43.9 Å². The lowest BCUT2D eigenvalue weighted by molar-refractivity contribution is -0.129. The van der Waals surface area contributed by atoms with Gasteiger partial charge in [-0.15, -0.1) is 0 Å². The summed E-state index contributed by atoms with van der Waals surface area (Å²) in [7, 11) is 0. The van der Waals surface area contributed by atoms with Crippen molar-refractivity contribution in [1.82, 2.24) is 20.7 Å². The highest BCUT2D eigenvalue weighted by Crippen LogP contribution is 2.20. The van der Waals surface area contributed by atoms with Crippen LogP contribution in [0.25, 0.3) is 11.3 Å². The number of amides is 2. The van der Waals surface area contributed by atoms with Gasteiger partial charge in [-0.1, -0.05) is 54.1 Å². The fourth-order valence-electron chi connectivity index (χ4n) is 4.33. The van der Waals surface area contributed by atoms with Crippen LogP contribution in [0.3, 0.4) is 0 Å². The Balaban J connectivity index is 1.44. The highest BCUT2D eigenvalue weighted by Gasteiger charge is 2.37. The summed E-state index contributed by atoms with van der Waals surface area (Å²) in [6, 6.07) is 12.3. The van der Waals surface area contributed by atoms with E-state index in [0.29, 0.717) is 13.0 Å². The number of hydrogen-bond donors (Lipinski definition) is 4. The topological polar surface area (TPSA) is 130 Å². The largest absolute Gasteiger partial charge is 0.444 e. The van der Waals surface area contributed by atoms with Crippen LogP contribution in [0.1, 0.15) is 31.7 Å². The number of nitrogens with zero attached hydrogens (tertiary/aromatic N) is 2. The number of alkyl carbamates (subject to hydrolysis) is 1. The number of nitrogens with one attached hydrogen (secondary N) is 2. The molecule has 2 aromatic rings. The first-order chi connectivity index (χ1) is 17.4. The van der Waals surface area contributed by atoms with Gasteiger partial charge in [-0.3, -0.25) is 15.2 Å². The van der Waals surface area contributed by atoms with E-state index in [4.69, 9.17) is 10.5 Å². The van der Waals surface area contributed by atoms with Gasteiger partial charge in [-0.2, -0.15) is 0 Å². The smallest absolute Gasteiger partial charge is 0.408 e. The minimum Gasteiger partial charge on any atom is -0.444 e. The summed E-state index contributed by atoms with van der Waals surface area (Å²) in [6.07, 6.45) is 8.28. The number of benzene rings is 1. The lowest BCUT2D eigenvalue weighted by Crippen LogP contribution is -2.55. The van der Waals surface area contributed by atoms with Crippen LogP contribution in [0, 0.1) is 0 Å². The second kappa shape index (κ2) is 11.9. The lowest BCUT2D eigenvalue weighted by Gasteiger charge is -2.30. The van der Waals surface area contributed by atoms with Gasteiger partial charge in [0, 0.05) is 30.9 Å². The molecule has 1 aromatic carbocycles. The molecule has 4 unspecified atom stereocenters. The van der Waals surface area contributed by atoms with Crippen molar-refractivity contribution in [3.63, 3.8) is 0 Å². The molecule has 1 fully saturated rings. The van der Waals surface area contributed by atoms with Crippen LogP contribution >= 0.6 is 0 Å². The Morgan fingerprint density at radius 2 is 2.11 bits per heavy atom. The summed E-state index contributed by atoms with van der Waals surface area (Å²) in [5.41, 5.74) is 13.1. The van der Waals surface area contributed by atoms with Crippen molar-refractivity contribution in [2.24, 2.45) is 5.73 Å². The Morgan fingerprint density at radius 3 is 2.75 bits per heavy atom. The van der Waals surface area contributed by atoms with Crippen molar-refractivity contribution in [3.8, 4) is 11.3 Å². The number of rotatable bonds is 10. The normalized spacial score (nSPS) is 20.9. The molecule has 36 heavy (non-hydrogen) atoms. The highest BCUT2D eigenvalue weighted by atomic mass is 16.6. The molecule has 1 aromatic heterocycles. The van der Waals surface area contributed by atoms with E-state index in [-0.39, 0.29) is 6.54 Å². The van der Waals surface area contributed by atoms with Crippen molar-refractivity contribution >= 4 is 12.0 Å². The van der Waals surface area contributed by atoms with Gasteiger partial charge in [0.15, 0.2) is 0 Å². The summed E-state index contributed by atoms with van der Waals surface area (Å²) < 4.78 is 5.04. The maximum absolute atomic E-state index is 12.9. The second-order valence-electron chi connectivity index (χ2n) is 9.23. The van der Waals surface area contributed by atoms with E-state index in [1.165, 1.54) is 5.57 Å². The van der Waals surface area contributed by atoms with Gasteiger partial charge in [0.05, 0.1) is 11.8 Å². The lowest BCUT2D eigenvalue weighted by atomic mass is 9.95. The molecule has 0 spiro atoms. The number of carbonyl (C=O) groups excluding carboxylic acids is 2. The molecule has 5 N–H and O–H groups in total. The predicted molar refractivity (Wildman–Crippen MR) is 136 cm³/mol. The third-order valence-electron chi connectivity index (χ3n) is 6.37. The predicted octanol–water partition coefficient (Wildman–Crippen LogP) is 2.43. The van der Waals surface area contributed by atoms with Gasteiger partial charge in [0.25, 0.3) is 5.91 Å². The van der Waals surface area contributed by atoms with Crippen molar-refractivity contribution < 1.29 is 19.4 Å².